The van der Waals surface area contributed by atoms with E-state index in [1.807, 2.05) is 0 Å². The molecule has 0 aliphatic carbocycles. The van der Waals surface area contributed by atoms with E-state index < -0.39 is 47.2 Å². The molecule has 0 spiro atoms. The molecular weight excluding hydrogens is 444 g/mol. The van der Waals surface area contributed by atoms with Crippen molar-refractivity contribution >= 4 is 12.0 Å². The molecule has 0 radical (unpaired) electrons. The molecule has 2 amide bonds. The van der Waals surface area contributed by atoms with Gasteiger partial charge in [-0.2, -0.15) is 18.3 Å². The molecule has 2 heterocycles. The van der Waals surface area contributed by atoms with Crippen LogP contribution in [0, 0.1) is 5.82 Å². The van der Waals surface area contributed by atoms with Gasteiger partial charge in [0.2, 0.25) is 0 Å². The zero-order valence-corrected chi connectivity index (χ0v) is 18.7. The first-order valence-electron chi connectivity index (χ1n) is 10.4. The number of carbonyl (C=O) groups excluding carboxylic acids is 2. The molecule has 0 bridgehead atoms. The fraction of sp³-hybridized carbons (Fsp3) is 0.500. The Morgan fingerprint density at radius 1 is 1.15 bits per heavy atom. The Morgan fingerprint density at radius 2 is 1.79 bits per heavy atom. The van der Waals surface area contributed by atoms with Gasteiger partial charge in [-0.05, 0) is 44.9 Å². The van der Waals surface area contributed by atoms with Crippen molar-refractivity contribution in [1.82, 2.24) is 20.0 Å². The number of aryl methyl sites for hydroxylation is 1. The molecule has 180 valence electrons. The van der Waals surface area contributed by atoms with Crippen LogP contribution in [0.25, 0.3) is 0 Å². The number of piperidine rings is 1. The number of hydrogen-bond donors (Lipinski definition) is 1. The number of carbonyl (C=O) groups is 2. The van der Waals surface area contributed by atoms with Crippen LogP contribution in [0.1, 0.15) is 54.9 Å². The predicted molar refractivity (Wildman–Crippen MR) is 111 cm³/mol. The highest BCUT2D eigenvalue weighted by atomic mass is 19.4. The number of likely N-dealkylation sites (tertiary alicyclic amines) is 1. The van der Waals surface area contributed by atoms with E-state index in [2.05, 4.69) is 10.4 Å². The van der Waals surface area contributed by atoms with Gasteiger partial charge >= 0.3 is 12.3 Å². The molecule has 1 saturated heterocycles. The minimum atomic E-state index is -4.64. The van der Waals surface area contributed by atoms with Crippen molar-refractivity contribution in [2.75, 3.05) is 13.1 Å². The first-order valence-corrected chi connectivity index (χ1v) is 10.4. The lowest BCUT2D eigenvalue weighted by molar-refractivity contribution is -0.143. The molecule has 1 aliphatic heterocycles. The van der Waals surface area contributed by atoms with Gasteiger partial charge in [0.05, 0.1) is 0 Å². The number of hydrogen-bond acceptors (Lipinski definition) is 4. The van der Waals surface area contributed by atoms with E-state index in [1.165, 1.54) is 17.0 Å². The normalized spacial score (nSPS) is 19.3. The van der Waals surface area contributed by atoms with Gasteiger partial charge in [-0.1, -0.05) is 12.1 Å². The Kier molecular flexibility index (Phi) is 6.71. The fourth-order valence-electron chi connectivity index (χ4n) is 3.75. The van der Waals surface area contributed by atoms with Gasteiger partial charge < -0.3 is 15.0 Å². The van der Waals surface area contributed by atoms with Crippen LogP contribution in [0.15, 0.2) is 30.3 Å². The first kappa shape index (κ1) is 24.5. The summed E-state index contributed by atoms with van der Waals surface area (Å²) >= 11 is 0. The summed E-state index contributed by atoms with van der Waals surface area (Å²) in [6.45, 7) is 5.70. The van der Waals surface area contributed by atoms with E-state index >= 15 is 0 Å². The second kappa shape index (κ2) is 9.03. The monoisotopic (exact) mass is 470 g/mol. The predicted octanol–water partition coefficient (Wildman–Crippen LogP) is 4.10. The number of ether oxygens (including phenoxy) is 1. The summed E-state index contributed by atoms with van der Waals surface area (Å²) in [6, 6.07) is 5.83. The SMILES string of the molecule is Cn1nc(C(=O)N[C@@H]2CCN(C(=O)OC(C)(C)C)C[C@@H]2c2ccc(F)cc2)cc1C(F)(F)F. The van der Waals surface area contributed by atoms with Crippen LogP contribution >= 0.6 is 0 Å². The molecule has 1 aliphatic rings. The third-order valence-electron chi connectivity index (χ3n) is 5.28. The maximum absolute atomic E-state index is 13.5. The molecule has 2 atom stereocenters. The molecule has 0 unspecified atom stereocenters. The highest BCUT2D eigenvalue weighted by Crippen LogP contribution is 2.31. The van der Waals surface area contributed by atoms with Gasteiger partial charge in [-0.3, -0.25) is 9.48 Å². The smallest absolute Gasteiger partial charge is 0.433 e. The van der Waals surface area contributed by atoms with Crippen LogP contribution in [0.5, 0.6) is 0 Å². The topological polar surface area (TPSA) is 76.5 Å². The minimum absolute atomic E-state index is 0.182. The summed E-state index contributed by atoms with van der Waals surface area (Å²) in [6.07, 6.45) is -4.83. The molecule has 1 N–H and O–H groups in total. The zero-order valence-electron chi connectivity index (χ0n) is 18.7. The Bertz CT molecular complexity index is 1010. The van der Waals surface area contributed by atoms with E-state index in [4.69, 9.17) is 4.74 Å². The Hall–Kier alpha value is -3.11. The van der Waals surface area contributed by atoms with E-state index in [0.29, 0.717) is 22.7 Å². The van der Waals surface area contributed by atoms with Gasteiger partial charge in [0.15, 0.2) is 5.69 Å². The summed E-state index contributed by atoms with van der Waals surface area (Å²) in [4.78, 5) is 26.8. The fourth-order valence-corrected chi connectivity index (χ4v) is 3.75. The number of nitrogens with one attached hydrogen (secondary N) is 1. The maximum Gasteiger partial charge on any atom is 0.433 e. The van der Waals surface area contributed by atoms with E-state index in [0.717, 1.165) is 7.05 Å². The molecule has 0 saturated carbocycles. The number of amides is 2. The Morgan fingerprint density at radius 3 is 2.33 bits per heavy atom. The molecular formula is C22H26F4N4O3. The summed E-state index contributed by atoms with van der Waals surface area (Å²) in [5.41, 5.74) is -1.42. The number of benzene rings is 1. The highest BCUT2D eigenvalue weighted by molar-refractivity contribution is 5.92. The lowest BCUT2D eigenvalue weighted by atomic mass is 9.86. The second-order valence-electron chi connectivity index (χ2n) is 8.99. The molecule has 3 rings (SSSR count). The number of alkyl halides is 3. The standard InChI is InChI=1S/C22H26F4N4O3/c1-21(2,3)33-20(32)30-10-9-16(15(12-30)13-5-7-14(23)8-6-13)27-19(31)17-11-18(22(24,25)26)29(4)28-17/h5-8,11,15-16H,9-10,12H2,1-4H3,(H,27,31)/t15-,16-/m1/s1. The molecule has 33 heavy (non-hydrogen) atoms. The lowest BCUT2D eigenvalue weighted by Gasteiger charge is -2.39. The second-order valence-corrected chi connectivity index (χ2v) is 8.99. The average molecular weight is 470 g/mol. The highest BCUT2D eigenvalue weighted by Gasteiger charge is 2.38. The van der Waals surface area contributed by atoms with Crippen LogP contribution in [0.3, 0.4) is 0 Å². The zero-order chi connectivity index (χ0) is 24.6. The summed E-state index contributed by atoms with van der Waals surface area (Å²) in [5.74, 6) is -1.63. The van der Waals surface area contributed by atoms with Crippen LogP contribution in [-0.4, -0.2) is 51.4 Å². The summed E-state index contributed by atoms with van der Waals surface area (Å²) < 4.78 is 58.7. The van der Waals surface area contributed by atoms with Crippen molar-refractivity contribution in [3.8, 4) is 0 Å². The third kappa shape index (κ3) is 6.02. The lowest BCUT2D eigenvalue weighted by Crippen LogP contribution is -2.52. The summed E-state index contributed by atoms with van der Waals surface area (Å²) in [5, 5.41) is 6.43. The van der Waals surface area contributed by atoms with Crippen molar-refractivity contribution < 1.29 is 31.9 Å². The number of aromatic nitrogens is 2. The quantitative estimate of drug-likeness (QED) is 0.686. The molecule has 7 nitrogen and oxygen atoms in total. The van der Waals surface area contributed by atoms with Crippen LogP contribution < -0.4 is 5.32 Å². The molecule has 11 heteroatoms. The Balaban J connectivity index is 1.82. The minimum Gasteiger partial charge on any atom is -0.444 e. The van der Waals surface area contributed by atoms with Crippen molar-refractivity contribution in [3.05, 3.63) is 53.1 Å². The number of halogens is 4. The van der Waals surface area contributed by atoms with Crippen molar-refractivity contribution in [1.29, 1.82) is 0 Å². The van der Waals surface area contributed by atoms with Gasteiger partial charge in [0.1, 0.15) is 17.1 Å². The molecule has 1 aromatic carbocycles. The van der Waals surface area contributed by atoms with Gasteiger partial charge in [0.25, 0.3) is 5.91 Å². The summed E-state index contributed by atoms with van der Waals surface area (Å²) in [7, 11) is 1.11. The van der Waals surface area contributed by atoms with Crippen LogP contribution in [0.2, 0.25) is 0 Å². The van der Waals surface area contributed by atoms with Crippen molar-refractivity contribution in [2.24, 2.45) is 7.05 Å². The molecule has 2 aromatic rings. The van der Waals surface area contributed by atoms with Gasteiger partial charge in [-0.25, -0.2) is 9.18 Å². The third-order valence-corrected chi connectivity index (χ3v) is 5.28. The Labute approximate surface area is 188 Å². The number of rotatable bonds is 3. The van der Waals surface area contributed by atoms with Crippen molar-refractivity contribution in [2.45, 2.75) is 50.9 Å². The first-order chi connectivity index (χ1) is 15.2. The van der Waals surface area contributed by atoms with Crippen molar-refractivity contribution in [3.63, 3.8) is 0 Å². The largest absolute Gasteiger partial charge is 0.444 e. The van der Waals surface area contributed by atoms with Gasteiger partial charge in [0, 0.05) is 38.2 Å². The van der Waals surface area contributed by atoms with E-state index in [1.54, 1.807) is 32.9 Å². The number of nitrogens with zero attached hydrogens (tertiary/aromatic N) is 3. The molecule has 1 fully saturated rings. The van der Waals surface area contributed by atoms with E-state index in [9.17, 15) is 27.2 Å². The molecule has 1 aromatic heterocycles. The van der Waals surface area contributed by atoms with Crippen LogP contribution in [-0.2, 0) is 18.0 Å². The van der Waals surface area contributed by atoms with Crippen LogP contribution in [0.4, 0.5) is 22.4 Å². The maximum atomic E-state index is 13.5. The van der Waals surface area contributed by atoms with E-state index in [-0.39, 0.29) is 18.8 Å². The van der Waals surface area contributed by atoms with Gasteiger partial charge in [-0.15, -0.1) is 0 Å². The average Bonchev–Trinajstić information content (AvgIpc) is 3.10.